The van der Waals surface area contributed by atoms with Crippen molar-refractivity contribution >= 4 is 23.6 Å². The summed E-state index contributed by atoms with van der Waals surface area (Å²) in [7, 11) is 0. The first kappa shape index (κ1) is 13.6. The Balaban J connectivity index is 1.91. The fourth-order valence-electron chi connectivity index (χ4n) is 2.19. The van der Waals surface area contributed by atoms with Crippen LogP contribution >= 0.6 is 11.8 Å². The maximum absolute atomic E-state index is 12.1. The van der Waals surface area contributed by atoms with Crippen LogP contribution < -0.4 is 5.32 Å². The number of carboxylic acids is 1. The van der Waals surface area contributed by atoms with Gasteiger partial charge in [0.2, 0.25) is 5.91 Å². The number of carbonyl (C=O) groups is 2. The van der Waals surface area contributed by atoms with Gasteiger partial charge < -0.3 is 20.1 Å². The zero-order chi connectivity index (χ0) is 13.0. The predicted molar refractivity (Wildman–Crippen MR) is 67.7 cm³/mol. The van der Waals surface area contributed by atoms with Gasteiger partial charge in [-0.3, -0.25) is 4.79 Å². The number of thioether (sulfide) groups is 1. The number of amides is 1. The third kappa shape index (κ3) is 3.37. The number of hydrogen-bond acceptors (Lipinski definition) is 5. The summed E-state index contributed by atoms with van der Waals surface area (Å²) in [5, 5.41) is 12.4. The van der Waals surface area contributed by atoms with E-state index in [1.54, 1.807) is 0 Å². The quantitative estimate of drug-likeness (QED) is 0.715. The summed E-state index contributed by atoms with van der Waals surface area (Å²) in [6.45, 7) is 1.79. The van der Waals surface area contributed by atoms with Crippen LogP contribution in [0.25, 0.3) is 0 Å². The molecule has 102 valence electrons. The van der Waals surface area contributed by atoms with Crippen molar-refractivity contribution in [3.05, 3.63) is 0 Å². The van der Waals surface area contributed by atoms with E-state index in [1.165, 1.54) is 4.90 Å². The molecule has 1 amide bonds. The van der Waals surface area contributed by atoms with Gasteiger partial charge in [-0.1, -0.05) is 0 Å². The van der Waals surface area contributed by atoms with E-state index in [9.17, 15) is 9.59 Å². The van der Waals surface area contributed by atoms with E-state index in [4.69, 9.17) is 9.84 Å². The summed E-state index contributed by atoms with van der Waals surface area (Å²) in [5.41, 5.74) is 0. The van der Waals surface area contributed by atoms with Crippen LogP contribution in [-0.2, 0) is 14.3 Å². The Bertz CT molecular complexity index is 320. The molecule has 6 nitrogen and oxygen atoms in total. The molecule has 0 aromatic heterocycles. The van der Waals surface area contributed by atoms with Gasteiger partial charge in [-0.2, -0.15) is 11.8 Å². The molecule has 2 aliphatic heterocycles. The fraction of sp³-hybridized carbons (Fsp3) is 0.818. The number of morpholine rings is 1. The predicted octanol–water partition coefficient (Wildman–Crippen LogP) is -0.606. The smallest absolute Gasteiger partial charge is 0.328 e. The molecule has 0 aromatic rings. The van der Waals surface area contributed by atoms with Gasteiger partial charge in [0.05, 0.1) is 13.2 Å². The van der Waals surface area contributed by atoms with Gasteiger partial charge in [-0.15, -0.1) is 0 Å². The maximum atomic E-state index is 12.1. The van der Waals surface area contributed by atoms with Crippen molar-refractivity contribution in [3.8, 4) is 0 Å². The second-order valence-electron chi connectivity index (χ2n) is 4.45. The summed E-state index contributed by atoms with van der Waals surface area (Å²) in [5.74, 6) is 0.896. The van der Waals surface area contributed by atoms with Gasteiger partial charge in [0.1, 0.15) is 0 Å². The fourth-order valence-corrected chi connectivity index (χ4v) is 3.13. The minimum absolute atomic E-state index is 0.0912. The lowest BCUT2D eigenvalue weighted by atomic mass is 10.1. The normalized spacial score (nSPS) is 29.0. The Hall–Kier alpha value is -0.790. The number of carboxylic acid groups (broad SMARTS) is 1. The lowest BCUT2D eigenvalue weighted by molar-refractivity contribution is -0.158. The number of rotatable bonds is 3. The SMILES string of the molecule is O=C(O)C1COCCN1C(=O)CC1CSCCN1. The summed E-state index contributed by atoms with van der Waals surface area (Å²) in [6.07, 6.45) is 0.372. The zero-order valence-electron chi connectivity index (χ0n) is 10.1. The van der Waals surface area contributed by atoms with Gasteiger partial charge in [0, 0.05) is 37.1 Å². The first-order valence-corrected chi connectivity index (χ1v) is 7.25. The summed E-state index contributed by atoms with van der Waals surface area (Å²) < 4.78 is 5.12. The van der Waals surface area contributed by atoms with E-state index < -0.39 is 12.0 Å². The molecule has 2 fully saturated rings. The van der Waals surface area contributed by atoms with Crippen molar-refractivity contribution in [2.24, 2.45) is 0 Å². The second-order valence-corrected chi connectivity index (χ2v) is 5.60. The highest BCUT2D eigenvalue weighted by Crippen LogP contribution is 2.14. The van der Waals surface area contributed by atoms with Crippen molar-refractivity contribution in [2.75, 3.05) is 37.8 Å². The molecule has 2 atom stereocenters. The average molecular weight is 274 g/mol. The van der Waals surface area contributed by atoms with Crippen LogP contribution in [0.4, 0.5) is 0 Å². The minimum Gasteiger partial charge on any atom is -0.480 e. The van der Waals surface area contributed by atoms with Gasteiger partial charge in [0.15, 0.2) is 6.04 Å². The zero-order valence-corrected chi connectivity index (χ0v) is 10.9. The van der Waals surface area contributed by atoms with E-state index in [1.807, 2.05) is 11.8 Å². The summed E-state index contributed by atoms with van der Waals surface area (Å²) in [4.78, 5) is 24.6. The Kier molecular flexibility index (Phi) is 4.85. The lowest BCUT2D eigenvalue weighted by Gasteiger charge is -2.34. The number of nitrogens with one attached hydrogen (secondary N) is 1. The molecule has 0 aromatic carbocycles. The van der Waals surface area contributed by atoms with Gasteiger partial charge in [-0.25, -0.2) is 4.79 Å². The monoisotopic (exact) mass is 274 g/mol. The van der Waals surface area contributed by atoms with E-state index in [0.717, 1.165) is 18.1 Å². The van der Waals surface area contributed by atoms with Gasteiger partial charge >= 0.3 is 5.97 Å². The molecule has 0 bridgehead atoms. The van der Waals surface area contributed by atoms with Gasteiger partial charge in [0.25, 0.3) is 0 Å². The van der Waals surface area contributed by atoms with E-state index in [-0.39, 0.29) is 18.6 Å². The van der Waals surface area contributed by atoms with Crippen LogP contribution in [0.2, 0.25) is 0 Å². The largest absolute Gasteiger partial charge is 0.480 e. The maximum Gasteiger partial charge on any atom is 0.328 e. The molecule has 0 radical (unpaired) electrons. The standard InChI is InChI=1S/C11H18N2O4S/c14-10(5-8-7-18-4-1-12-8)13-2-3-17-6-9(13)11(15)16/h8-9,12H,1-7H2,(H,15,16). The molecule has 0 aliphatic carbocycles. The van der Waals surface area contributed by atoms with Gasteiger partial charge in [-0.05, 0) is 0 Å². The van der Waals surface area contributed by atoms with Crippen LogP contribution in [0, 0.1) is 0 Å². The van der Waals surface area contributed by atoms with Crippen molar-refractivity contribution in [1.82, 2.24) is 10.2 Å². The Morgan fingerprint density at radius 1 is 1.50 bits per heavy atom. The molecule has 2 saturated heterocycles. The van der Waals surface area contributed by atoms with Crippen LogP contribution in [0.5, 0.6) is 0 Å². The third-order valence-corrected chi connectivity index (χ3v) is 4.28. The summed E-state index contributed by atoms with van der Waals surface area (Å²) >= 11 is 1.82. The van der Waals surface area contributed by atoms with Crippen LogP contribution in [-0.4, -0.2) is 71.8 Å². The molecule has 2 N–H and O–H groups in total. The van der Waals surface area contributed by atoms with E-state index >= 15 is 0 Å². The Labute approximate surface area is 110 Å². The number of ether oxygens (including phenoxy) is 1. The average Bonchev–Trinajstić information content (AvgIpc) is 2.40. The lowest BCUT2D eigenvalue weighted by Crippen LogP contribution is -2.54. The number of nitrogens with zero attached hydrogens (tertiary/aromatic N) is 1. The molecule has 0 spiro atoms. The number of hydrogen-bond donors (Lipinski definition) is 2. The molecule has 2 rings (SSSR count). The molecule has 18 heavy (non-hydrogen) atoms. The van der Waals surface area contributed by atoms with Crippen LogP contribution in [0.3, 0.4) is 0 Å². The molecule has 7 heteroatoms. The van der Waals surface area contributed by atoms with Crippen LogP contribution in [0.15, 0.2) is 0 Å². The molecule has 2 aliphatic rings. The number of carbonyl (C=O) groups excluding carboxylic acids is 1. The molecular formula is C11H18N2O4S. The van der Waals surface area contributed by atoms with Crippen molar-refractivity contribution in [1.29, 1.82) is 0 Å². The molecular weight excluding hydrogens is 256 g/mol. The second kappa shape index (κ2) is 6.40. The molecule has 0 saturated carbocycles. The Morgan fingerprint density at radius 3 is 3.00 bits per heavy atom. The minimum atomic E-state index is -0.992. The highest BCUT2D eigenvalue weighted by atomic mass is 32.2. The number of aliphatic carboxylic acids is 1. The first-order chi connectivity index (χ1) is 8.68. The highest BCUT2D eigenvalue weighted by Gasteiger charge is 2.33. The first-order valence-electron chi connectivity index (χ1n) is 6.09. The Morgan fingerprint density at radius 2 is 2.33 bits per heavy atom. The highest BCUT2D eigenvalue weighted by molar-refractivity contribution is 7.99. The topological polar surface area (TPSA) is 78.9 Å². The van der Waals surface area contributed by atoms with Crippen molar-refractivity contribution < 1.29 is 19.4 Å². The van der Waals surface area contributed by atoms with Crippen LogP contribution in [0.1, 0.15) is 6.42 Å². The van der Waals surface area contributed by atoms with E-state index in [0.29, 0.717) is 19.6 Å². The van der Waals surface area contributed by atoms with E-state index in [2.05, 4.69) is 5.32 Å². The molecule has 2 heterocycles. The third-order valence-electron chi connectivity index (χ3n) is 3.15. The summed E-state index contributed by atoms with van der Waals surface area (Å²) in [6, 6.07) is -0.670. The van der Waals surface area contributed by atoms with Crippen molar-refractivity contribution in [2.45, 2.75) is 18.5 Å². The molecule has 2 unspecified atom stereocenters. The van der Waals surface area contributed by atoms with Crippen molar-refractivity contribution in [3.63, 3.8) is 0 Å².